The van der Waals surface area contributed by atoms with Gasteiger partial charge in [-0.2, -0.15) is 0 Å². The van der Waals surface area contributed by atoms with Crippen molar-refractivity contribution >= 4 is 11.5 Å². The Morgan fingerprint density at radius 2 is 1.82 bits per heavy atom. The first kappa shape index (κ1) is 15.8. The largest absolute Gasteiger partial charge is 0.497 e. The number of methoxy groups -OCH3 is 1. The first-order valence-electron chi connectivity index (χ1n) is 7.25. The molecule has 114 valence electrons. The van der Waals surface area contributed by atoms with Crippen LogP contribution in [0.25, 0.3) is 5.57 Å². The van der Waals surface area contributed by atoms with Gasteiger partial charge in [0.05, 0.1) is 7.11 Å². The molecule has 0 heterocycles. The first-order chi connectivity index (χ1) is 10.6. The number of allylic oxidation sites excluding steroid dienone is 1. The summed E-state index contributed by atoms with van der Waals surface area (Å²) < 4.78 is 5.18. The van der Waals surface area contributed by atoms with Gasteiger partial charge >= 0.3 is 0 Å². The molecule has 3 nitrogen and oxygen atoms in total. The second-order valence-corrected chi connectivity index (χ2v) is 5.12. The highest BCUT2D eigenvalue weighted by Gasteiger charge is 2.08. The number of nitrogens with one attached hydrogen (secondary N) is 1. The lowest BCUT2D eigenvalue weighted by molar-refractivity contribution is -0.116. The van der Waals surface area contributed by atoms with E-state index in [-0.39, 0.29) is 5.91 Å². The molecule has 0 radical (unpaired) electrons. The van der Waals surface area contributed by atoms with Gasteiger partial charge in [-0.05, 0) is 47.7 Å². The second kappa shape index (κ2) is 7.46. The van der Waals surface area contributed by atoms with Crippen LogP contribution in [0.5, 0.6) is 5.75 Å². The minimum Gasteiger partial charge on any atom is -0.497 e. The smallest absolute Gasteiger partial charge is 0.244 e. The lowest BCUT2D eigenvalue weighted by atomic mass is 9.94. The van der Waals surface area contributed by atoms with E-state index in [9.17, 15) is 4.79 Å². The molecule has 2 rings (SSSR count). The number of benzene rings is 2. The number of amides is 1. The number of carbonyl (C=O) groups is 1. The number of hydrogen-bond acceptors (Lipinski definition) is 2. The maximum Gasteiger partial charge on any atom is 0.244 e. The Labute approximate surface area is 131 Å². The highest BCUT2D eigenvalue weighted by atomic mass is 16.5. The molecule has 1 amide bonds. The lowest BCUT2D eigenvalue weighted by Crippen LogP contribution is -2.15. The molecule has 3 heteroatoms. The fraction of sp³-hybridized carbons (Fsp3) is 0.211. The summed E-state index contributed by atoms with van der Waals surface area (Å²) in [6.45, 7) is 2.06. The Morgan fingerprint density at radius 1 is 1.14 bits per heavy atom. The van der Waals surface area contributed by atoms with E-state index >= 15 is 0 Å². The van der Waals surface area contributed by atoms with Crippen molar-refractivity contribution in [2.75, 3.05) is 14.2 Å². The van der Waals surface area contributed by atoms with Crippen LogP contribution in [0.15, 0.2) is 54.6 Å². The monoisotopic (exact) mass is 295 g/mol. The summed E-state index contributed by atoms with van der Waals surface area (Å²) in [4.78, 5) is 11.8. The summed E-state index contributed by atoms with van der Waals surface area (Å²) in [5.41, 5.74) is 4.40. The van der Waals surface area contributed by atoms with Crippen LogP contribution in [-0.2, 0) is 11.2 Å². The SMILES string of the molecule is CNC(=O)/C=C(/Cc1ccc(OC)cc1)c1ccccc1C. The van der Waals surface area contributed by atoms with E-state index in [1.807, 2.05) is 42.5 Å². The molecule has 0 aliphatic carbocycles. The lowest BCUT2D eigenvalue weighted by Gasteiger charge is -2.11. The van der Waals surface area contributed by atoms with Crippen LogP contribution in [0.2, 0.25) is 0 Å². The van der Waals surface area contributed by atoms with Crippen LogP contribution < -0.4 is 10.1 Å². The van der Waals surface area contributed by atoms with Crippen molar-refractivity contribution in [3.05, 3.63) is 71.3 Å². The van der Waals surface area contributed by atoms with Crippen molar-refractivity contribution in [1.82, 2.24) is 5.32 Å². The van der Waals surface area contributed by atoms with Crippen molar-refractivity contribution in [3.8, 4) is 5.75 Å². The van der Waals surface area contributed by atoms with Crippen molar-refractivity contribution in [2.24, 2.45) is 0 Å². The zero-order valence-corrected chi connectivity index (χ0v) is 13.2. The van der Waals surface area contributed by atoms with Gasteiger partial charge < -0.3 is 10.1 Å². The van der Waals surface area contributed by atoms with E-state index in [0.29, 0.717) is 6.42 Å². The van der Waals surface area contributed by atoms with Crippen LogP contribution in [0.4, 0.5) is 0 Å². The third-order valence-corrected chi connectivity index (χ3v) is 3.60. The molecule has 0 fully saturated rings. The zero-order chi connectivity index (χ0) is 15.9. The van der Waals surface area contributed by atoms with E-state index in [2.05, 4.69) is 18.3 Å². The van der Waals surface area contributed by atoms with Crippen molar-refractivity contribution < 1.29 is 9.53 Å². The predicted molar refractivity (Wildman–Crippen MR) is 89.9 cm³/mol. The highest BCUT2D eigenvalue weighted by molar-refractivity contribution is 5.95. The van der Waals surface area contributed by atoms with Crippen molar-refractivity contribution in [3.63, 3.8) is 0 Å². The van der Waals surface area contributed by atoms with E-state index in [1.54, 1.807) is 20.2 Å². The van der Waals surface area contributed by atoms with Gasteiger partial charge in [-0.1, -0.05) is 36.4 Å². The maximum absolute atomic E-state index is 11.8. The number of carbonyl (C=O) groups excluding carboxylic acids is 1. The molecule has 22 heavy (non-hydrogen) atoms. The Hall–Kier alpha value is -2.55. The van der Waals surface area contributed by atoms with Gasteiger partial charge in [-0.25, -0.2) is 0 Å². The van der Waals surface area contributed by atoms with E-state index in [1.165, 1.54) is 0 Å². The summed E-state index contributed by atoms with van der Waals surface area (Å²) in [6, 6.07) is 16.0. The molecule has 0 aliphatic heterocycles. The quantitative estimate of drug-likeness (QED) is 0.859. The van der Waals surface area contributed by atoms with Crippen LogP contribution in [0.3, 0.4) is 0 Å². The zero-order valence-electron chi connectivity index (χ0n) is 13.2. The van der Waals surface area contributed by atoms with Gasteiger partial charge in [0.2, 0.25) is 5.91 Å². The van der Waals surface area contributed by atoms with Crippen molar-refractivity contribution in [1.29, 1.82) is 0 Å². The molecular weight excluding hydrogens is 274 g/mol. The fourth-order valence-electron chi connectivity index (χ4n) is 2.35. The van der Waals surface area contributed by atoms with Gasteiger partial charge in [0, 0.05) is 13.1 Å². The Balaban J connectivity index is 2.34. The van der Waals surface area contributed by atoms with Gasteiger partial charge in [0.15, 0.2) is 0 Å². The average Bonchev–Trinajstić information content (AvgIpc) is 2.55. The maximum atomic E-state index is 11.8. The Kier molecular flexibility index (Phi) is 5.37. The molecule has 0 aromatic heterocycles. The molecular formula is C19H21NO2. The third kappa shape index (κ3) is 3.98. The molecule has 0 spiro atoms. The molecule has 0 aliphatic rings. The number of hydrogen-bond donors (Lipinski definition) is 1. The standard InChI is InChI=1S/C19H21NO2/c1-14-6-4-5-7-18(14)16(13-19(21)20-2)12-15-8-10-17(22-3)11-9-15/h4-11,13H,12H2,1-3H3,(H,20,21)/b16-13-. The summed E-state index contributed by atoms with van der Waals surface area (Å²) in [5.74, 6) is 0.739. The number of likely N-dealkylation sites (N-methyl/N-ethyl adjacent to an activating group) is 1. The van der Waals surface area contributed by atoms with Crippen LogP contribution in [0, 0.1) is 6.92 Å². The molecule has 2 aromatic rings. The molecule has 0 saturated carbocycles. The number of aryl methyl sites for hydroxylation is 1. The summed E-state index contributed by atoms with van der Waals surface area (Å²) >= 11 is 0. The van der Waals surface area contributed by atoms with Gasteiger partial charge in [0.25, 0.3) is 0 Å². The first-order valence-corrected chi connectivity index (χ1v) is 7.25. The molecule has 0 bridgehead atoms. The summed E-state index contributed by atoms with van der Waals surface area (Å²) in [7, 11) is 3.29. The second-order valence-electron chi connectivity index (χ2n) is 5.12. The third-order valence-electron chi connectivity index (χ3n) is 3.60. The van der Waals surface area contributed by atoms with E-state index in [4.69, 9.17) is 4.74 Å². The molecule has 0 atom stereocenters. The van der Waals surface area contributed by atoms with E-state index in [0.717, 1.165) is 28.0 Å². The van der Waals surface area contributed by atoms with E-state index < -0.39 is 0 Å². The van der Waals surface area contributed by atoms with Crippen LogP contribution in [-0.4, -0.2) is 20.1 Å². The van der Waals surface area contributed by atoms with Gasteiger partial charge in [-0.3, -0.25) is 4.79 Å². The number of ether oxygens (including phenoxy) is 1. The van der Waals surface area contributed by atoms with Crippen LogP contribution in [0.1, 0.15) is 16.7 Å². The summed E-state index contributed by atoms with van der Waals surface area (Å²) in [5, 5.41) is 2.65. The topological polar surface area (TPSA) is 38.3 Å². The fourth-order valence-corrected chi connectivity index (χ4v) is 2.35. The minimum atomic E-state index is -0.0910. The molecule has 0 saturated heterocycles. The highest BCUT2D eigenvalue weighted by Crippen LogP contribution is 2.24. The molecule has 1 N–H and O–H groups in total. The normalized spacial score (nSPS) is 11.1. The molecule has 2 aromatic carbocycles. The Morgan fingerprint density at radius 3 is 2.41 bits per heavy atom. The summed E-state index contributed by atoms with van der Waals surface area (Å²) in [6.07, 6.45) is 2.37. The van der Waals surface area contributed by atoms with Gasteiger partial charge in [-0.15, -0.1) is 0 Å². The van der Waals surface area contributed by atoms with Crippen molar-refractivity contribution in [2.45, 2.75) is 13.3 Å². The Bertz CT molecular complexity index is 672. The minimum absolute atomic E-state index is 0.0910. The molecule has 0 unspecified atom stereocenters. The van der Waals surface area contributed by atoms with Crippen LogP contribution >= 0.6 is 0 Å². The average molecular weight is 295 g/mol. The van der Waals surface area contributed by atoms with Gasteiger partial charge in [0.1, 0.15) is 5.75 Å². The predicted octanol–water partition coefficient (Wildman–Crippen LogP) is 3.38. The number of rotatable bonds is 5.